The molecule has 4 aromatic rings. The Kier molecular flexibility index (Phi) is 5.51. The second kappa shape index (κ2) is 8.76. The van der Waals surface area contributed by atoms with E-state index in [-0.39, 0.29) is 11.9 Å². The van der Waals surface area contributed by atoms with E-state index in [0.29, 0.717) is 17.1 Å². The number of fused-ring (bicyclic) bond motifs is 1. The lowest BCUT2D eigenvalue weighted by Gasteiger charge is -2.34. The zero-order valence-electron chi connectivity index (χ0n) is 17.8. The Morgan fingerprint density at radius 1 is 1.16 bits per heavy atom. The molecule has 1 aromatic carbocycles. The number of pyridine rings is 1. The lowest BCUT2D eigenvalue weighted by Crippen LogP contribution is -2.49. The van der Waals surface area contributed by atoms with Gasteiger partial charge in [-0.15, -0.1) is 0 Å². The summed E-state index contributed by atoms with van der Waals surface area (Å²) in [5.74, 6) is 1.03. The molecule has 1 N–H and O–H groups in total. The predicted molar refractivity (Wildman–Crippen MR) is 122 cm³/mol. The molecule has 5 rings (SSSR count). The molecule has 0 radical (unpaired) electrons. The van der Waals surface area contributed by atoms with Crippen molar-refractivity contribution in [1.82, 2.24) is 24.9 Å². The Balaban J connectivity index is 1.49. The molecule has 1 amide bonds. The highest BCUT2D eigenvalue weighted by Gasteiger charge is 2.30. The summed E-state index contributed by atoms with van der Waals surface area (Å²) >= 11 is 0. The summed E-state index contributed by atoms with van der Waals surface area (Å²) < 4.78 is 7.25. The van der Waals surface area contributed by atoms with Crippen LogP contribution >= 0.6 is 0 Å². The standard InChI is InChI=1S/C24H24N6O2/c1-32-21-6-3-12-27-23(21)30(19-5-2-11-25-15-19)24(31)18-9-7-17(8-10-18)20-16-28-29-14-4-13-26-22(20)29/h3-4,6-10,12-14,16,19,25H,2,5,11,15H2,1H3/t19-/m1/s1. The van der Waals surface area contributed by atoms with E-state index >= 15 is 0 Å². The maximum Gasteiger partial charge on any atom is 0.259 e. The fourth-order valence-corrected chi connectivity index (χ4v) is 4.17. The minimum Gasteiger partial charge on any atom is -0.493 e. The maximum atomic E-state index is 13.7. The number of anilines is 1. The van der Waals surface area contributed by atoms with Gasteiger partial charge in [-0.3, -0.25) is 9.69 Å². The molecule has 0 bridgehead atoms. The van der Waals surface area contributed by atoms with E-state index in [1.165, 1.54) is 0 Å². The summed E-state index contributed by atoms with van der Waals surface area (Å²) in [5, 5.41) is 7.75. The molecule has 32 heavy (non-hydrogen) atoms. The molecule has 162 valence electrons. The molecule has 0 saturated carbocycles. The van der Waals surface area contributed by atoms with Crippen LogP contribution in [0, 0.1) is 0 Å². The monoisotopic (exact) mass is 428 g/mol. The normalized spacial score (nSPS) is 16.1. The first kappa shape index (κ1) is 20.1. The smallest absolute Gasteiger partial charge is 0.259 e. The predicted octanol–water partition coefficient (Wildman–Crippen LogP) is 3.20. The van der Waals surface area contributed by atoms with Gasteiger partial charge in [0.05, 0.1) is 19.3 Å². The van der Waals surface area contributed by atoms with Crippen LogP contribution in [0.2, 0.25) is 0 Å². The van der Waals surface area contributed by atoms with Crippen LogP contribution in [0.25, 0.3) is 16.8 Å². The van der Waals surface area contributed by atoms with Crippen LogP contribution in [0.3, 0.4) is 0 Å². The third-order valence-corrected chi connectivity index (χ3v) is 5.78. The van der Waals surface area contributed by atoms with Crippen LogP contribution in [-0.4, -0.2) is 51.7 Å². The highest BCUT2D eigenvalue weighted by Crippen LogP contribution is 2.31. The number of nitrogens with zero attached hydrogens (tertiary/aromatic N) is 5. The molecule has 3 aromatic heterocycles. The van der Waals surface area contributed by atoms with Crippen molar-refractivity contribution in [2.75, 3.05) is 25.1 Å². The van der Waals surface area contributed by atoms with Crippen LogP contribution in [0.1, 0.15) is 23.2 Å². The zero-order valence-corrected chi connectivity index (χ0v) is 17.8. The van der Waals surface area contributed by atoms with Gasteiger partial charge in [-0.05, 0) is 55.3 Å². The van der Waals surface area contributed by atoms with E-state index in [0.717, 1.165) is 42.7 Å². The molecule has 1 aliphatic rings. The molecule has 1 aliphatic heterocycles. The fraction of sp³-hybridized carbons (Fsp3) is 0.250. The molecule has 1 fully saturated rings. The number of piperidine rings is 1. The van der Waals surface area contributed by atoms with Gasteiger partial charge in [-0.25, -0.2) is 14.5 Å². The van der Waals surface area contributed by atoms with Crippen molar-refractivity contribution in [2.45, 2.75) is 18.9 Å². The molecular weight excluding hydrogens is 404 g/mol. The number of carbonyl (C=O) groups excluding carboxylic acids is 1. The highest BCUT2D eigenvalue weighted by atomic mass is 16.5. The minimum atomic E-state index is -0.0970. The van der Waals surface area contributed by atoms with Crippen molar-refractivity contribution in [2.24, 2.45) is 0 Å². The van der Waals surface area contributed by atoms with Crippen molar-refractivity contribution in [3.05, 3.63) is 72.8 Å². The van der Waals surface area contributed by atoms with E-state index in [1.807, 2.05) is 48.7 Å². The van der Waals surface area contributed by atoms with Gasteiger partial charge < -0.3 is 10.1 Å². The number of benzene rings is 1. The summed E-state index contributed by atoms with van der Waals surface area (Å²) in [6.45, 7) is 1.68. The average molecular weight is 428 g/mol. The van der Waals surface area contributed by atoms with Gasteiger partial charge in [0, 0.05) is 36.3 Å². The van der Waals surface area contributed by atoms with Gasteiger partial charge in [0.15, 0.2) is 17.2 Å². The van der Waals surface area contributed by atoms with Crippen LogP contribution < -0.4 is 15.0 Å². The van der Waals surface area contributed by atoms with Gasteiger partial charge in [-0.2, -0.15) is 5.10 Å². The van der Waals surface area contributed by atoms with Crippen molar-refractivity contribution >= 4 is 17.4 Å². The topological polar surface area (TPSA) is 84.7 Å². The molecule has 8 heteroatoms. The van der Waals surface area contributed by atoms with Gasteiger partial charge in [0.25, 0.3) is 5.91 Å². The number of aromatic nitrogens is 4. The van der Waals surface area contributed by atoms with E-state index in [1.54, 1.807) is 35.1 Å². The lowest BCUT2D eigenvalue weighted by molar-refractivity contribution is 0.0970. The third kappa shape index (κ3) is 3.69. The molecule has 0 unspecified atom stereocenters. The van der Waals surface area contributed by atoms with Gasteiger partial charge in [-0.1, -0.05) is 12.1 Å². The number of nitrogens with one attached hydrogen (secondary N) is 1. The summed E-state index contributed by atoms with van der Waals surface area (Å²) in [5.41, 5.74) is 3.25. The minimum absolute atomic E-state index is 0.00328. The third-order valence-electron chi connectivity index (χ3n) is 5.78. The second-order valence-electron chi connectivity index (χ2n) is 7.73. The Hall–Kier alpha value is -3.78. The molecule has 4 heterocycles. The highest BCUT2D eigenvalue weighted by molar-refractivity contribution is 6.07. The van der Waals surface area contributed by atoms with E-state index in [2.05, 4.69) is 20.4 Å². The fourth-order valence-electron chi connectivity index (χ4n) is 4.17. The van der Waals surface area contributed by atoms with Crippen molar-refractivity contribution < 1.29 is 9.53 Å². The molecule has 1 saturated heterocycles. The summed E-state index contributed by atoms with van der Waals surface area (Å²) in [6.07, 6.45) is 9.00. The van der Waals surface area contributed by atoms with Gasteiger partial charge in [0.1, 0.15) is 0 Å². The molecule has 8 nitrogen and oxygen atoms in total. The molecule has 0 aliphatic carbocycles. The summed E-state index contributed by atoms with van der Waals surface area (Å²) in [4.78, 5) is 24.4. The average Bonchev–Trinajstić information content (AvgIpc) is 3.29. The zero-order chi connectivity index (χ0) is 21.9. The number of methoxy groups -OCH3 is 1. The number of ether oxygens (including phenoxy) is 1. The Morgan fingerprint density at radius 3 is 2.78 bits per heavy atom. The number of hydrogen-bond donors (Lipinski definition) is 1. The van der Waals surface area contributed by atoms with Crippen LogP contribution in [0.5, 0.6) is 5.75 Å². The van der Waals surface area contributed by atoms with E-state index in [9.17, 15) is 4.79 Å². The molecule has 0 spiro atoms. The molecular formula is C24H24N6O2. The number of rotatable bonds is 5. The number of hydrogen-bond acceptors (Lipinski definition) is 6. The summed E-state index contributed by atoms with van der Waals surface area (Å²) in [7, 11) is 1.60. The van der Waals surface area contributed by atoms with Gasteiger partial charge in [0.2, 0.25) is 0 Å². The Labute approximate surface area is 185 Å². The van der Waals surface area contributed by atoms with Crippen LogP contribution in [-0.2, 0) is 0 Å². The Morgan fingerprint density at radius 2 is 2.00 bits per heavy atom. The molecule has 1 atom stereocenters. The number of carbonyl (C=O) groups is 1. The van der Waals surface area contributed by atoms with E-state index < -0.39 is 0 Å². The van der Waals surface area contributed by atoms with Crippen molar-refractivity contribution in [3.8, 4) is 16.9 Å². The van der Waals surface area contributed by atoms with Crippen molar-refractivity contribution in [1.29, 1.82) is 0 Å². The SMILES string of the molecule is COc1cccnc1N(C(=O)c1ccc(-c2cnn3cccnc23)cc1)[C@@H]1CCCNC1. The van der Waals surface area contributed by atoms with E-state index in [4.69, 9.17) is 4.74 Å². The summed E-state index contributed by atoms with van der Waals surface area (Å²) in [6, 6.07) is 13.1. The Bertz CT molecular complexity index is 1230. The van der Waals surface area contributed by atoms with Gasteiger partial charge >= 0.3 is 0 Å². The lowest BCUT2D eigenvalue weighted by atomic mass is 10.0. The first-order valence-electron chi connectivity index (χ1n) is 10.7. The largest absolute Gasteiger partial charge is 0.493 e. The second-order valence-corrected chi connectivity index (χ2v) is 7.73. The first-order valence-corrected chi connectivity index (χ1v) is 10.7. The van der Waals surface area contributed by atoms with Crippen LogP contribution in [0.15, 0.2) is 67.3 Å². The maximum absolute atomic E-state index is 13.7. The number of amides is 1. The quantitative estimate of drug-likeness (QED) is 0.526. The first-order chi connectivity index (χ1) is 15.8. The van der Waals surface area contributed by atoms with Crippen molar-refractivity contribution in [3.63, 3.8) is 0 Å². The van der Waals surface area contributed by atoms with Crippen LogP contribution in [0.4, 0.5) is 5.82 Å².